The Morgan fingerprint density at radius 2 is 2.35 bits per heavy atom. The van der Waals surface area contributed by atoms with E-state index in [9.17, 15) is 4.79 Å². The summed E-state index contributed by atoms with van der Waals surface area (Å²) in [5, 5.41) is 11.9. The number of aryl methyl sites for hydroxylation is 1. The van der Waals surface area contributed by atoms with Crippen molar-refractivity contribution in [3.8, 4) is 6.07 Å². The van der Waals surface area contributed by atoms with Crippen molar-refractivity contribution in [2.24, 2.45) is 0 Å². The fourth-order valence-electron chi connectivity index (χ4n) is 1.49. The van der Waals surface area contributed by atoms with Crippen molar-refractivity contribution in [1.29, 1.82) is 5.26 Å². The van der Waals surface area contributed by atoms with Gasteiger partial charge in [0.15, 0.2) is 0 Å². The van der Waals surface area contributed by atoms with E-state index in [-0.39, 0.29) is 12.5 Å². The summed E-state index contributed by atoms with van der Waals surface area (Å²) in [4.78, 5) is 11.2. The van der Waals surface area contributed by atoms with Gasteiger partial charge in [-0.3, -0.25) is 10.1 Å². The summed E-state index contributed by atoms with van der Waals surface area (Å²) >= 11 is 0. The summed E-state index contributed by atoms with van der Waals surface area (Å²) in [6.45, 7) is 4.10. The summed E-state index contributed by atoms with van der Waals surface area (Å²) < 4.78 is 4.79. The second-order valence-electron chi connectivity index (χ2n) is 3.66. The molecule has 0 spiro atoms. The van der Waals surface area contributed by atoms with Gasteiger partial charge in [-0.2, -0.15) is 5.26 Å². The average Bonchev–Trinajstić information content (AvgIpc) is 2.30. The molecule has 0 bridgehead atoms. The van der Waals surface area contributed by atoms with Crippen LogP contribution in [0, 0.1) is 18.3 Å². The standard InChI is InChI=1S/C13H16N2O2/c1-3-17-13(16)9-15-12(8-14)11-6-4-5-10(2)7-11/h4-7,12,15H,3,9H2,1-2H3. The predicted octanol–water partition coefficient (Wildman–Crippen LogP) is 1.71. The Kier molecular flexibility index (Phi) is 5.18. The fourth-order valence-corrected chi connectivity index (χ4v) is 1.49. The van der Waals surface area contributed by atoms with E-state index in [4.69, 9.17) is 10.00 Å². The van der Waals surface area contributed by atoms with E-state index >= 15 is 0 Å². The lowest BCUT2D eigenvalue weighted by Crippen LogP contribution is -2.28. The van der Waals surface area contributed by atoms with Gasteiger partial charge in [-0.25, -0.2) is 0 Å². The first kappa shape index (κ1) is 13.2. The van der Waals surface area contributed by atoms with Gasteiger partial charge < -0.3 is 4.74 Å². The Morgan fingerprint density at radius 3 is 2.94 bits per heavy atom. The van der Waals surface area contributed by atoms with Gasteiger partial charge >= 0.3 is 5.97 Å². The molecule has 1 aromatic rings. The zero-order chi connectivity index (χ0) is 12.7. The highest BCUT2D eigenvalue weighted by Gasteiger charge is 2.12. The molecule has 1 N–H and O–H groups in total. The molecule has 17 heavy (non-hydrogen) atoms. The van der Waals surface area contributed by atoms with Crippen LogP contribution in [0.4, 0.5) is 0 Å². The van der Waals surface area contributed by atoms with Crippen LogP contribution in [0.5, 0.6) is 0 Å². The molecule has 0 aliphatic heterocycles. The largest absolute Gasteiger partial charge is 0.465 e. The molecule has 0 aliphatic carbocycles. The number of rotatable bonds is 5. The smallest absolute Gasteiger partial charge is 0.319 e. The third-order valence-electron chi connectivity index (χ3n) is 2.26. The first-order chi connectivity index (χ1) is 8.17. The first-order valence-electron chi connectivity index (χ1n) is 5.52. The Hall–Kier alpha value is -1.86. The maximum Gasteiger partial charge on any atom is 0.319 e. The van der Waals surface area contributed by atoms with Crippen LogP contribution in [0.25, 0.3) is 0 Å². The predicted molar refractivity (Wildman–Crippen MR) is 64.2 cm³/mol. The zero-order valence-corrected chi connectivity index (χ0v) is 10.1. The minimum Gasteiger partial charge on any atom is -0.465 e. The molecule has 0 amide bonds. The summed E-state index contributed by atoms with van der Waals surface area (Å²) in [7, 11) is 0. The number of hydrogen-bond acceptors (Lipinski definition) is 4. The van der Waals surface area contributed by atoms with Crippen LogP contribution >= 0.6 is 0 Å². The molecule has 0 saturated heterocycles. The Bertz CT molecular complexity index is 424. The van der Waals surface area contributed by atoms with Gasteiger partial charge in [0.2, 0.25) is 0 Å². The molecule has 0 aromatic heterocycles. The van der Waals surface area contributed by atoms with Crippen LogP contribution in [0.1, 0.15) is 24.1 Å². The van der Waals surface area contributed by atoms with Gasteiger partial charge in [0.05, 0.1) is 19.2 Å². The number of ether oxygens (including phenoxy) is 1. The van der Waals surface area contributed by atoms with Crippen LogP contribution in [0.3, 0.4) is 0 Å². The molecule has 1 aromatic carbocycles. The molecule has 4 heteroatoms. The minimum atomic E-state index is -0.487. The molecular formula is C13H16N2O2. The van der Waals surface area contributed by atoms with E-state index in [2.05, 4.69) is 11.4 Å². The van der Waals surface area contributed by atoms with Gasteiger partial charge in [-0.05, 0) is 19.4 Å². The highest BCUT2D eigenvalue weighted by atomic mass is 16.5. The van der Waals surface area contributed by atoms with Crippen LogP contribution in [0.2, 0.25) is 0 Å². The lowest BCUT2D eigenvalue weighted by atomic mass is 10.1. The number of nitrogens with one attached hydrogen (secondary N) is 1. The van der Waals surface area contributed by atoms with Crippen LogP contribution in [-0.4, -0.2) is 19.1 Å². The van der Waals surface area contributed by atoms with E-state index in [1.54, 1.807) is 6.92 Å². The van der Waals surface area contributed by atoms with E-state index in [0.717, 1.165) is 11.1 Å². The number of carbonyl (C=O) groups excluding carboxylic acids is 1. The van der Waals surface area contributed by atoms with Crippen molar-refractivity contribution in [2.75, 3.05) is 13.2 Å². The van der Waals surface area contributed by atoms with E-state index in [0.29, 0.717) is 6.61 Å². The number of hydrogen-bond donors (Lipinski definition) is 1. The Morgan fingerprint density at radius 1 is 1.59 bits per heavy atom. The number of nitrogens with zero attached hydrogens (tertiary/aromatic N) is 1. The molecule has 0 saturated carbocycles. The highest BCUT2D eigenvalue weighted by Crippen LogP contribution is 2.13. The van der Waals surface area contributed by atoms with Crippen molar-refractivity contribution in [1.82, 2.24) is 5.32 Å². The van der Waals surface area contributed by atoms with Crippen molar-refractivity contribution >= 4 is 5.97 Å². The first-order valence-corrected chi connectivity index (χ1v) is 5.52. The normalized spacial score (nSPS) is 11.6. The summed E-state index contributed by atoms with van der Waals surface area (Å²) in [6.07, 6.45) is 0. The number of esters is 1. The molecule has 0 heterocycles. The SMILES string of the molecule is CCOC(=O)CNC(C#N)c1cccc(C)c1. The number of carbonyl (C=O) groups is 1. The van der Waals surface area contributed by atoms with Crippen LogP contribution in [-0.2, 0) is 9.53 Å². The lowest BCUT2D eigenvalue weighted by molar-refractivity contribution is -0.142. The quantitative estimate of drug-likeness (QED) is 0.785. The molecule has 0 radical (unpaired) electrons. The lowest BCUT2D eigenvalue weighted by Gasteiger charge is -2.11. The third kappa shape index (κ3) is 4.25. The van der Waals surface area contributed by atoms with Crippen LogP contribution < -0.4 is 5.32 Å². The molecule has 0 fully saturated rings. The molecule has 1 rings (SSSR count). The van der Waals surface area contributed by atoms with E-state index in [1.807, 2.05) is 31.2 Å². The summed E-state index contributed by atoms with van der Waals surface area (Å²) in [5.41, 5.74) is 1.94. The molecule has 90 valence electrons. The minimum absolute atomic E-state index is 0.0417. The van der Waals surface area contributed by atoms with Gasteiger partial charge in [-0.1, -0.05) is 29.8 Å². The maximum absolute atomic E-state index is 11.2. The van der Waals surface area contributed by atoms with Crippen molar-refractivity contribution < 1.29 is 9.53 Å². The van der Waals surface area contributed by atoms with Gasteiger partial charge in [-0.15, -0.1) is 0 Å². The maximum atomic E-state index is 11.2. The monoisotopic (exact) mass is 232 g/mol. The topological polar surface area (TPSA) is 62.1 Å². The van der Waals surface area contributed by atoms with Crippen molar-refractivity contribution in [3.05, 3.63) is 35.4 Å². The van der Waals surface area contributed by atoms with E-state index in [1.165, 1.54) is 0 Å². The average molecular weight is 232 g/mol. The van der Waals surface area contributed by atoms with Gasteiger partial charge in [0.25, 0.3) is 0 Å². The molecule has 0 aliphatic rings. The Labute approximate surface area is 101 Å². The molecular weight excluding hydrogens is 216 g/mol. The van der Waals surface area contributed by atoms with Crippen LogP contribution in [0.15, 0.2) is 24.3 Å². The second-order valence-corrected chi connectivity index (χ2v) is 3.66. The second kappa shape index (κ2) is 6.66. The summed E-state index contributed by atoms with van der Waals surface area (Å²) in [6, 6.07) is 9.27. The number of nitriles is 1. The van der Waals surface area contributed by atoms with Gasteiger partial charge in [0.1, 0.15) is 6.04 Å². The molecule has 1 atom stereocenters. The fraction of sp³-hybridized carbons (Fsp3) is 0.385. The molecule has 1 unspecified atom stereocenters. The summed E-state index contributed by atoms with van der Waals surface area (Å²) in [5.74, 6) is -0.347. The van der Waals surface area contributed by atoms with Crippen molar-refractivity contribution in [2.45, 2.75) is 19.9 Å². The zero-order valence-electron chi connectivity index (χ0n) is 10.1. The van der Waals surface area contributed by atoms with E-state index < -0.39 is 6.04 Å². The Balaban J connectivity index is 2.61. The van der Waals surface area contributed by atoms with Crippen molar-refractivity contribution in [3.63, 3.8) is 0 Å². The molecule has 4 nitrogen and oxygen atoms in total. The van der Waals surface area contributed by atoms with Gasteiger partial charge in [0, 0.05) is 0 Å². The highest BCUT2D eigenvalue weighted by molar-refractivity contribution is 5.71. The third-order valence-corrected chi connectivity index (χ3v) is 2.26. The number of benzene rings is 1.